The first kappa shape index (κ1) is 11.9. The lowest BCUT2D eigenvalue weighted by atomic mass is 10.0. The van der Waals surface area contributed by atoms with Gasteiger partial charge in [0.25, 0.3) is 0 Å². The number of alkyl halides is 3. The average molecular weight is 219 g/mol. The third kappa shape index (κ3) is 5.31. The molecule has 0 aromatic rings. The number of carboxylic acids is 1. The van der Waals surface area contributed by atoms with Crippen LogP contribution in [0.25, 0.3) is 0 Å². The van der Waals surface area contributed by atoms with Crippen LogP contribution in [0, 0.1) is 23.7 Å². The molecule has 0 aromatic heterocycles. The zero-order valence-electron chi connectivity index (χ0n) is 7.93. The minimum Gasteiger partial charge on any atom is -0.550 e. The molecule has 0 amide bonds. The summed E-state index contributed by atoms with van der Waals surface area (Å²) in [7, 11) is 0. The molecule has 84 valence electrons. The van der Waals surface area contributed by atoms with Crippen molar-refractivity contribution in [3.63, 3.8) is 0 Å². The van der Waals surface area contributed by atoms with Gasteiger partial charge in [0.1, 0.15) is 0 Å². The van der Waals surface area contributed by atoms with Crippen molar-refractivity contribution in [2.24, 2.45) is 11.8 Å². The molecule has 1 unspecified atom stereocenters. The zero-order chi connectivity index (χ0) is 11.5. The maximum atomic E-state index is 11.9. The number of carbonyl (C=O) groups excluding carboxylic acids is 1. The molecule has 1 saturated carbocycles. The third-order valence-corrected chi connectivity index (χ3v) is 2.04. The Morgan fingerprint density at radius 3 is 2.47 bits per heavy atom. The van der Waals surface area contributed by atoms with E-state index in [0.717, 1.165) is 12.8 Å². The first-order valence-electron chi connectivity index (χ1n) is 4.64. The molecule has 0 bridgehead atoms. The van der Waals surface area contributed by atoms with Gasteiger partial charge in [0.15, 0.2) is 0 Å². The molecule has 0 aliphatic heterocycles. The van der Waals surface area contributed by atoms with Gasteiger partial charge >= 0.3 is 6.18 Å². The van der Waals surface area contributed by atoms with Crippen LogP contribution >= 0.6 is 0 Å². The van der Waals surface area contributed by atoms with Gasteiger partial charge in [0.2, 0.25) is 0 Å². The van der Waals surface area contributed by atoms with Crippen molar-refractivity contribution in [1.82, 2.24) is 0 Å². The average Bonchev–Trinajstić information content (AvgIpc) is 2.83. The largest absolute Gasteiger partial charge is 0.550 e. The fourth-order valence-electron chi connectivity index (χ4n) is 1.07. The molecule has 1 atom stereocenters. The van der Waals surface area contributed by atoms with E-state index < -0.39 is 24.5 Å². The van der Waals surface area contributed by atoms with E-state index in [1.54, 1.807) is 0 Å². The maximum absolute atomic E-state index is 11.9. The molecule has 5 heteroatoms. The van der Waals surface area contributed by atoms with Crippen LogP contribution in [-0.2, 0) is 4.79 Å². The van der Waals surface area contributed by atoms with Crippen molar-refractivity contribution >= 4 is 5.97 Å². The third-order valence-electron chi connectivity index (χ3n) is 2.04. The highest BCUT2D eigenvalue weighted by atomic mass is 19.4. The van der Waals surface area contributed by atoms with Crippen molar-refractivity contribution in [1.29, 1.82) is 0 Å². The lowest BCUT2D eigenvalue weighted by Crippen LogP contribution is -2.34. The van der Waals surface area contributed by atoms with Crippen LogP contribution in [0.3, 0.4) is 0 Å². The Balaban J connectivity index is 2.43. The van der Waals surface area contributed by atoms with Crippen molar-refractivity contribution < 1.29 is 23.1 Å². The van der Waals surface area contributed by atoms with Crippen LogP contribution in [0.1, 0.15) is 25.7 Å². The number of hydrogen-bond acceptors (Lipinski definition) is 2. The van der Waals surface area contributed by atoms with Crippen LogP contribution in [-0.4, -0.2) is 12.1 Å². The molecule has 0 aromatic carbocycles. The van der Waals surface area contributed by atoms with Crippen molar-refractivity contribution in [2.45, 2.75) is 31.9 Å². The summed E-state index contributed by atoms with van der Waals surface area (Å²) in [6, 6.07) is 0. The van der Waals surface area contributed by atoms with Crippen molar-refractivity contribution in [3.8, 4) is 11.8 Å². The maximum Gasteiger partial charge on any atom is 0.389 e. The predicted octanol–water partition coefficient (Wildman–Crippen LogP) is 1.11. The quantitative estimate of drug-likeness (QED) is 0.667. The molecule has 0 spiro atoms. The Morgan fingerprint density at radius 2 is 2.07 bits per heavy atom. The SMILES string of the molecule is O=C([O-])C(CC#CC1CC1)CC(F)(F)F. The summed E-state index contributed by atoms with van der Waals surface area (Å²) >= 11 is 0. The topological polar surface area (TPSA) is 40.1 Å². The minimum absolute atomic E-state index is 0.262. The molecule has 0 radical (unpaired) electrons. The lowest BCUT2D eigenvalue weighted by Gasteiger charge is -2.16. The highest BCUT2D eigenvalue weighted by Gasteiger charge is 2.32. The Labute approximate surface area is 85.5 Å². The van der Waals surface area contributed by atoms with E-state index in [-0.39, 0.29) is 12.3 Å². The summed E-state index contributed by atoms with van der Waals surface area (Å²) in [6.07, 6.45) is -4.20. The summed E-state index contributed by atoms with van der Waals surface area (Å²) in [5.41, 5.74) is 0. The summed E-state index contributed by atoms with van der Waals surface area (Å²) in [5.74, 6) is 2.23. The summed E-state index contributed by atoms with van der Waals surface area (Å²) < 4.78 is 35.8. The van der Waals surface area contributed by atoms with Crippen LogP contribution in [0.5, 0.6) is 0 Å². The molecule has 1 fully saturated rings. The summed E-state index contributed by atoms with van der Waals surface area (Å²) in [6.45, 7) is 0. The van der Waals surface area contributed by atoms with Gasteiger partial charge in [-0.15, -0.1) is 5.92 Å². The van der Waals surface area contributed by atoms with Crippen LogP contribution < -0.4 is 5.11 Å². The Kier molecular flexibility index (Phi) is 3.61. The molecule has 15 heavy (non-hydrogen) atoms. The molecule has 0 N–H and O–H groups in total. The second-order valence-electron chi connectivity index (χ2n) is 3.63. The fraction of sp³-hybridized carbons (Fsp3) is 0.700. The van der Waals surface area contributed by atoms with Gasteiger partial charge in [-0.25, -0.2) is 0 Å². The number of rotatable bonds is 3. The molecular formula is C10H10F3O2-. The van der Waals surface area contributed by atoms with Crippen molar-refractivity contribution in [3.05, 3.63) is 0 Å². The normalized spacial score (nSPS) is 17.8. The monoisotopic (exact) mass is 219 g/mol. The van der Waals surface area contributed by atoms with Gasteiger partial charge in [-0.2, -0.15) is 13.2 Å². The Hall–Kier alpha value is -1.18. The van der Waals surface area contributed by atoms with Gasteiger partial charge < -0.3 is 9.90 Å². The van der Waals surface area contributed by atoms with Crippen LogP contribution in [0.15, 0.2) is 0 Å². The van der Waals surface area contributed by atoms with Gasteiger partial charge in [0, 0.05) is 24.2 Å². The summed E-state index contributed by atoms with van der Waals surface area (Å²) in [4.78, 5) is 10.4. The number of aliphatic carboxylic acids is 1. The molecule has 0 heterocycles. The molecule has 0 saturated heterocycles. The van der Waals surface area contributed by atoms with E-state index in [2.05, 4.69) is 11.8 Å². The standard InChI is InChI=1S/C10H11F3O2/c11-10(12,13)6-8(9(14)15)3-1-2-7-4-5-7/h7-8H,3-6H2,(H,14,15)/p-1. The zero-order valence-corrected chi connectivity index (χ0v) is 7.93. The van der Waals surface area contributed by atoms with Gasteiger partial charge in [0.05, 0.1) is 6.42 Å². The van der Waals surface area contributed by atoms with E-state index >= 15 is 0 Å². The molecule has 1 rings (SSSR count). The number of hydrogen-bond donors (Lipinski definition) is 0. The van der Waals surface area contributed by atoms with Crippen LogP contribution in [0.4, 0.5) is 13.2 Å². The first-order chi connectivity index (χ1) is 6.88. The Morgan fingerprint density at radius 1 is 1.47 bits per heavy atom. The first-order valence-corrected chi connectivity index (χ1v) is 4.64. The number of halogens is 3. The number of carboxylic acid groups (broad SMARTS) is 1. The highest BCUT2D eigenvalue weighted by Crippen LogP contribution is 2.28. The fourth-order valence-corrected chi connectivity index (χ4v) is 1.07. The van der Waals surface area contributed by atoms with Gasteiger partial charge in [-0.3, -0.25) is 0 Å². The molecule has 1 aliphatic rings. The van der Waals surface area contributed by atoms with E-state index in [4.69, 9.17) is 0 Å². The van der Waals surface area contributed by atoms with Crippen LogP contribution in [0.2, 0.25) is 0 Å². The molecular weight excluding hydrogens is 209 g/mol. The van der Waals surface area contributed by atoms with Crippen molar-refractivity contribution in [2.75, 3.05) is 0 Å². The van der Waals surface area contributed by atoms with E-state index in [0.29, 0.717) is 0 Å². The number of carbonyl (C=O) groups is 1. The van der Waals surface area contributed by atoms with E-state index in [9.17, 15) is 23.1 Å². The predicted molar refractivity (Wildman–Crippen MR) is 44.3 cm³/mol. The Bertz CT molecular complexity index is 294. The lowest BCUT2D eigenvalue weighted by molar-refractivity contribution is -0.314. The van der Waals surface area contributed by atoms with E-state index in [1.807, 2.05) is 0 Å². The molecule has 2 nitrogen and oxygen atoms in total. The summed E-state index contributed by atoms with van der Waals surface area (Å²) in [5, 5.41) is 10.4. The highest BCUT2D eigenvalue weighted by molar-refractivity contribution is 5.68. The van der Waals surface area contributed by atoms with Gasteiger partial charge in [-0.1, -0.05) is 5.92 Å². The van der Waals surface area contributed by atoms with E-state index in [1.165, 1.54) is 0 Å². The second kappa shape index (κ2) is 4.56. The second-order valence-corrected chi connectivity index (χ2v) is 3.63. The minimum atomic E-state index is -4.48. The van der Waals surface area contributed by atoms with Gasteiger partial charge in [-0.05, 0) is 12.8 Å². The molecule has 1 aliphatic carbocycles. The smallest absolute Gasteiger partial charge is 0.389 e.